The highest BCUT2D eigenvalue weighted by atomic mass is 32.2. The van der Waals surface area contributed by atoms with Gasteiger partial charge in [-0.1, -0.05) is 38.1 Å². The third-order valence-corrected chi connectivity index (χ3v) is 8.65. The predicted octanol–water partition coefficient (Wildman–Crippen LogP) is 4.13. The van der Waals surface area contributed by atoms with E-state index in [1.165, 1.54) is 15.4 Å². The zero-order chi connectivity index (χ0) is 23.6. The van der Waals surface area contributed by atoms with Crippen LogP contribution in [0.5, 0.6) is 0 Å². The summed E-state index contributed by atoms with van der Waals surface area (Å²) in [6.07, 6.45) is 3.92. The summed E-state index contributed by atoms with van der Waals surface area (Å²) in [4.78, 5) is 25.3. The Morgan fingerprint density at radius 3 is 2.33 bits per heavy atom. The minimum absolute atomic E-state index is 0.206. The summed E-state index contributed by atoms with van der Waals surface area (Å²) in [6.45, 7) is 4.36. The molecule has 0 spiro atoms. The highest BCUT2D eigenvalue weighted by molar-refractivity contribution is 7.89. The van der Waals surface area contributed by atoms with Crippen LogP contribution in [0.25, 0.3) is 0 Å². The van der Waals surface area contributed by atoms with Gasteiger partial charge in [-0.3, -0.25) is 9.59 Å². The molecule has 0 bridgehead atoms. The number of ketones is 1. The molecule has 1 saturated heterocycles. The molecule has 33 heavy (non-hydrogen) atoms. The highest BCUT2D eigenvalue weighted by Gasteiger charge is 2.33. The van der Waals surface area contributed by atoms with E-state index < -0.39 is 21.9 Å². The van der Waals surface area contributed by atoms with Gasteiger partial charge in [0, 0.05) is 18.7 Å². The van der Waals surface area contributed by atoms with E-state index in [4.69, 9.17) is 4.74 Å². The molecule has 0 saturated carbocycles. The largest absolute Gasteiger partial charge is 0.457 e. The van der Waals surface area contributed by atoms with Gasteiger partial charge in [0.2, 0.25) is 10.0 Å². The van der Waals surface area contributed by atoms with Crippen molar-refractivity contribution in [3.8, 4) is 0 Å². The number of sulfonamides is 1. The molecule has 2 aliphatic rings. The number of ether oxygens (including phenoxy) is 1. The number of esters is 1. The Hall–Kier alpha value is -2.51. The molecule has 0 atom stereocenters. The Morgan fingerprint density at radius 2 is 1.67 bits per heavy atom. The lowest BCUT2D eigenvalue weighted by atomic mass is 9.98. The average Bonchev–Trinajstić information content (AvgIpc) is 3.30. The van der Waals surface area contributed by atoms with Crippen molar-refractivity contribution in [1.82, 2.24) is 4.31 Å². The molecule has 1 fully saturated rings. The van der Waals surface area contributed by atoms with Crippen molar-refractivity contribution < 1.29 is 22.7 Å². The average molecular weight is 470 g/mol. The fourth-order valence-corrected chi connectivity index (χ4v) is 6.06. The molecule has 7 heteroatoms. The number of hydrogen-bond donors (Lipinski definition) is 0. The fourth-order valence-electron chi connectivity index (χ4n) is 4.59. The molecular weight excluding hydrogens is 438 g/mol. The van der Waals surface area contributed by atoms with Crippen LogP contribution in [0.2, 0.25) is 0 Å². The standard InChI is InChI=1S/C26H31NO5S/c1-18(2)19-8-10-24(11-9-19)33(30,31)27-14-12-21(13-15-27)26(29)32-17-25(28)23-7-6-20-4-3-5-22(20)16-23/h6-11,16,18,21H,3-5,12-15,17H2,1-2H3. The van der Waals surface area contributed by atoms with Crippen LogP contribution in [0, 0.1) is 5.92 Å². The third-order valence-electron chi connectivity index (χ3n) is 6.74. The molecule has 1 heterocycles. The number of fused-ring (bicyclic) bond motifs is 1. The molecular formula is C26H31NO5S. The Kier molecular flexibility index (Phi) is 7.00. The first-order chi connectivity index (χ1) is 15.8. The van der Waals surface area contributed by atoms with Gasteiger partial charge in [0.25, 0.3) is 0 Å². The van der Waals surface area contributed by atoms with Gasteiger partial charge in [0.15, 0.2) is 12.4 Å². The molecule has 2 aromatic carbocycles. The number of hydrogen-bond acceptors (Lipinski definition) is 5. The Labute approximate surface area is 196 Å². The highest BCUT2D eigenvalue weighted by Crippen LogP contribution is 2.26. The summed E-state index contributed by atoms with van der Waals surface area (Å²) >= 11 is 0. The van der Waals surface area contributed by atoms with Gasteiger partial charge in [0.05, 0.1) is 10.8 Å². The maximum absolute atomic E-state index is 13.0. The first-order valence-corrected chi connectivity index (χ1v) is 13.1. The number of nitrogens with zero attached hydrogens (tertiary/aromatic N) is 1. The molecule has 6 nitrogen and oxygen atoms in total. The van der Waals surface area contributed by atoms with Gasteiger partial charge < -0.3 is 4.74 Å². The number of aryl methyl sites for hydroxylation is 2. The summed E-state index contributed by atoms with van der Waals surface area (Å²) in [6, 6.07) is 12.7. The van der Waals surface area contributed by atoms with Crippen molar-refractivity contribution in [1.29, 1.82) is 0 Å². The van der Waals surface area contributed by atoms with Crippen molar-refractivity contribution in [3.05, 3.63) is 64.7 Å². The zero-order valence-electron chi connectivity index (χ0n) is 19.2. The topological polar surface area (TPSA) is 80.8 Å². The van der Waals surface area contributed by atoms with E-state index in [1.54, 1.807) is 18.2 Å². The second-order valence-corrected chi connectivity index (χ2v) is 11.2. The van der Waals surface area contributed by atoms with Crippen molar-refractivity contribution in [2.75, 3.05) is 19.7 Å². The van der Waals surface area contributed by atoms with Crippen molar-refractivity contribution in [2.45, 2.75) is 56.8 Å². The van der Waals surface area contributed by atoms with Crippen molar-refractivity contribution in [3.63, 3.8) is 0 Å². The molecule has 2 aromatic rings. The normalized spacial score (nSPS) is 17.2. The van der Waals surface area contributed by atoms with E-state index >= 15 is 0 Å². The van der Waals surface area contributed by atoms with Crippen LogP contribution in [0.1, 0.15) is 66.1 Å². The smallest absolute Gasteiger partial charge is 0.309 e. The van der Waals surface area contributed by atoms with E-state index in [0.29, 0.717) is 24.3 Å². The van der Waals surface area contributed by atoms with E-state index in [1.807, 2.05) is 24.3 Å². The number of Topliss-reactive ketones (excluding diaryl/α,β-unsaturated/α-hetero) is 1. The van der Waals surface area contributed by atoms with Crippen LogP contribution in [0.4, 0.5) is 0 Å². The molecule has 176 valence electrons. The van der Waals surface area contributed by atoms with Gasteiger partial charge in [-0.25, -0.2) is 8.42 Å². The molecule has 0 unspecified atom stereocenters. The van der Waals surface area contributed by atoms with Crippen LogP contribution in [0.15, 0.2) is 47.4 Å². The fraction of sp³-hybridized carbons (Fsp3) is 0.462. The summed E-state index contributed by atoms with van der Waals surface area (Å²) in [7, 11) is -3.59. The molecule has 4 rings (SSSR count). The maximum atomic E-state index is 13.0. The Balaban J connectivity index is 1.29. The second kappa shape index (κ2) is 9.77. The summed E-state index contributed by atoms with van der Waals surface area (Å²) in [5.41, 5.74) is 4.17. The number of carbonyl (C=O) groups excluding carboxylic acids is 2. The van der Waals surface area contributed by atoms with Crippen LogP contribution in [0.3, 0.4) is 0 Å². The quantitative estimate of drug-likeness (QED) is 0.450. The first kappa shape index (κ1) is 23.6. The van der Waals surface area contributed by atoms with Gasteiger partial charge in [-0.05, 0) is 72.9 Å². The molecule has 0 N–H and O–H groups in total. The maximum Gasteiger partial charge on any atom is 0.309 e. The lowest BCUT2D eigenvalue weighted by Crippen LogP contribution is -2.40. The molecule has 1 aliphatic heterocycles. The Morgan fingerprint density at radius 1 is 1.00 bits per heavy atom. The van der Waals surface area contributed by atoms with Gasteiger partial charge in [-0.15, -0.1) is 0 Å². The van der Waals surface area contributed by atoms with Gasteiger partial charge in [-0.2, -0.15) is 4.31 Å². The minimum Gasteiger partial charge on any atom is -0.457 e. The Bertz CT molecular complexity index is 1130. The lowest BCUT2D eigenvalue weighted by Gasteiger charge is -2.30. The molecule has 0 radical (unpaired) electrons. The minimum atomic E-state index is -3.59. The van der Waals surface area contributed by atoms with Gasteiger partial charge >= 0.3 is 5.97 Å². The molecule has 0 aromatic heterocycles. The summed E-state index contributed by atoms with van der Waals surface area (Å²) in [5, 5.41) is 0. The zero-order valence-corrected chi connectivity index (χ0v) is 20.1. The van der Waals surface area contributed by atoms with Crippen LogP contribution < -0.4 is 0 Å². The van der Waals surface area contributed by atoms with Crippen molar-refractivity contribution in [2.24, 2.45) is 5.92 Å². The second-order valence-electron chi connectivity index (χ2n) is 9.27. The predicted molar refractivity (Wildman–Crippen MR) is 126 cm³/mol. The van der Waals surface area contributed by atoms with E-state index in [-0.39, 0.29) is 30.4 Å². The van der Waals surface area contributed by atoms with Crippen molar-refractivity contribution >= 4 is 21.8 Å². The monoisotopic (exact) mass is 469 g/mol. The first-order valence-electron chi connectivity index (χ1n) is 11.7. The number of rotatable bonds is 7. The number of piperidine rings is 1. The van der Waals surface area contributed by atoms with E-state index in [0.717, 1.165) is 24.8 Å². The van der Waals surface area contributed by atoms with E-state index in [2.05, 4.69) is 13.8 Å². The van der Waals surface area contributed by atoms with Gasteiger partial charge in [0.1, 0.15) is 0 Å². The van der Waals surface area contributed by atoms with Crippen LogP contribution >= 0.6 is 0 Å². The lowest BCUT2D eigenvalue weighted by molar-refractivity contribution is -0.148. The molecule has 0 amide bonds. The van der Waals surface area contributed by atoms with Crippen LogP contribution in [-0.2, 0) is 32.4 Å². The number of benzene rings is 2. The van der Waals surface area contributed by atoms with Crippen LogP contribution in [-0.4, -0.2) is 44.2 Å². The SMILES string of the molecule is CC(C)c1ccc(S(=O)(=O)N2CCC(C(=O)OCC(=O)c3ccc4c(c3)CCC4)CC2)cc1. The molecule has 1 aliphatic carbocycles. The third kappa shape index (κ3) is 5.20. The summed E-state index contributed by atoms with van der Waals surface area (Å²) < 4.78 is 32.7. The van der Waals surface area contributed by atoms with E-state index in [9.17, 15) is 18.0 Å². The number of carbonyl (C=O) groups is 2. The summed E-state index contributed by atoms with van der Waals surface area (Å²) in [5.74, 6) is -0.698.